The van der Waals surface area contributed by atoms with Crippen LogP contribution >= 0.6 is 27.5 Å². The molecule has 1 aliphatic heterocycles. The summed E-state index contributed by atoms with van der Waals surface area (Å²) in [4.78, 5) is 29.6. The molecule has 1 fully saturated rings. The molecule has 3 N–H and O–H groups in total. The van der Waals surface area contributed by atoms with Crippen LogP contribution in [-0.4, -0.2) is 57.4 Å². The van der Waals surface area contributed by atoms with Gasteiger partial charge in [-0.25, -0.2) is 4.98 Å². The summed E-state index contributed by atoms with van der Waals surface area (Å²) in [5.41, 5.74) is 8.27. The molecule has 3 aromatic rings. The number of nitrogens with zero attached hydrogens (tertiary/aromatic N) is 4. The summed E-state index contributed by atoms with van der Waals surface area (Å²) in [6.45, 7) is 2.09. The SMILES string of the molecule is NC(CCC=O)C(=O)N1CCC(CNc2cc(-c3ccccc3Cl)nc3c(Br)cnn23)CC1. The number of amides is 1. The molecule has 0 saturated carbocycles. The van der Waals surface area contributed by atoms with Gasteiger partial charge in [-0.05, 0) is 47.2 Å². The van der Waals surface area contributed by atoms with E-state index in [2.05, 4.69) is 26.3 Å². The zero-order chi connectivity index (χ0) is 23.4. The molecule has 1 aliphatic rings. The minimum Gasteiger partial charge on any atom is -0.370 e. The van der Waals surface area contributed by atoms with E-state index in [0.717, 1.165) is 47.2 Å². The molecule has 1 aromatic carbocycles. The smallest absolute Gasteiger partial charge is 0.239 e. The lowest BCUT2D eigenvalue weighted by Crippen LogP contribution is -2.47. The highest BCUT2D eigenvalue weighted by Crippen LogP contribution is 2.30. The summed E-state index contributed by atoms with van der Waals surface area (Å²) in [6.07, 6.45) is 5.00. The second-order valence-corrected chi connectivity index (χ2v) is 9.50. The van der Waals surface area contributed by atoms with Gasteiger partial charge in [0.05, 0.1) is 22.4 Å². The number of nitrogens with two attached hydrogens (primary N) is 1. The Morgan fingerprint density at radius 2 is 2.09 bits per heavy atom. The maximum Gasteiger partial charge on any atom is 0.239 e. The zero-order valence-corrected chi connectivity index (χ0v) is 20.4. The van der Waals surface area contributed by atoms with Crippen molar-refractivity contribution in [2.24, 2.45) is 11.7 Å². The molecule has 0 spiro atoms. The summed E-state index contributed by atoms with van der Waals surface area (Å²) in [5.74, 6) is 1.17. The molecule has 0 radical (unpaired) electrons. The number of carbonyl (C=O) groups is 2. The maximum absolute atomic E-state index is 12.5. The number of anilines is 1. The largest absolute Gasteiger partial charge is 0.370 e. The molecule has 2 aromatic heterocycles. The predicted octanol–water partition coefficient (Wildman–Crippen LogP) is 3.77. The van der Waals surface area contributed by atoms with E-state index in [9.17, 15) is 9.59 Å². The number of halogens is 2. The fraction of sp³-hybridized carbons (Fsp3) is 0.391. The Bertz CT molecular complexity index is 1150. The second kappa shape index (κ2) is 10.6. The number of hydrogen-bond donors (Lipinski definition) is 2. The van der Waals surface area contributed by atoms with Crippen molar-refractivity contribution >= 4 is 51.2 Å². The molecule has 33 heavy (non-hydrogen) atoms. The lowest BCUT2D eigenvalue weighted by atomic mass is 9.96. The van der Waals surface area contributed by atoms with Crippen LogP contribution < -0.4 is 11.1 Å². The number of hydrogen-bond acceptors (Lipinski definition) is 6. The third kappa shape index (κ3) is 5.37. The molecule has 10 heteroatoms. The van der Waals surface area contributed by atoms with Gasteiger partial charge in [0, 0.05) is 42.7 Å². The van der Waals surface area contributed by atoms with Crippen LogP contribution in [0.3, 0.4) is 0 Å². The van der Waals surface area contributed by atoms with Crippen molar-refractivity contribution < 1.29 is 9.59 Å². The van der Waals surface area contributed by atoms with Crippen molar-refractivity contribution in [3.05, 3.63) is 46.0 Å². The molecule has 1 amide bonds. The van der Waals surface area contributed by atoms with Gasteiger partial charge in [-0.3, -0.25) is 4.79 Å². The van der Waals surface area contributed by atoms with Gasteiger partial charge in [-0.2, -0.15) is 9.61 Å². The van der Waals surface area contributed by atoms with Crippen LogP contribution in [0, 0.1) is 5.92 Å². The standard InChI is InChI=1S/C23H26BrClN6O2/c24-17-14-28-31-21(12-20(29-22(17)31)16-4-1-2-5-18(16)25)27-13-15-7-9-30(10-8-15)23(33)19(26)6-3-11-32/h1-2,4-5,11-12,14-15,19,27H,3,6-10,13,26H2. The fourth-order valence-corrected chi connectivity index (χ4v) is 4.66. The van der Waals surface area contributed by atoms with Crippen molar-refractivity contribution in [2.45, 2.75) is 31.7 Å². The van der Waals surface area contributed by atoms with Crippen molar-refractivity contribution in [2.75, 3.05) is 25.0 Å². The number of fused-ring (bicyclic) bond motifs is 1. The molecule has 0 bridgehead atoms. The van der Waals surface area contributed by atoms with Gasteiger partial charge < -0.3 is 20.7 Å². The lowest BCUT2D eigenvalue weighted by Gasteiger charge is -2.33. The Labute approximate surface area is 205 Å². The summed E-state index contributed by atoms with van der Waals surface area (Å²) in [7, 11) is 0. The van der Waals surface area contributed by atoms with Gasteiger partial charge in [0.25, 0.3) is 0 Å². The van der Waals surface area contributed by atoms with Crippen molar-refractivity contribution in [3.8, 4) is 11.3 Å². The third-order valence-corrected chi connectivity index (χ3v) is 6.88. The molecule has 8 nitrogen and oxygen atoms in total. The minimum atomic E-state index is -0.600. The summed E-state index contributed by atoms with van der Waals surface area (Å²) >= 11 is 9.94. The Morgan fingerprint density at radius 3 is 2.82 bits per heavy atom. The summed E-state index contributed by atoms with van der Waals surface area (Å²) < 4.78 is 2.58. The van der Waals surface area contributed by atoms with Crippen molar-refractivity contribution in [1.29, 1.82) is 0 Å². The van der Waals surface area contributed by atoms with Crippen LogP contribution in [0.15, 0.2) is 41.0 Å². The number of piperidine rings is 1. The average molecular weight is 534 g/mol. The second-order valence-electron chi connectivity index (χ2n) is 8.23. The first-order valence-corrected chi connectivity index (χ1v) is 12.2. The molecule has 3 heterocycles. The van der Waals surface area contributed by atoms with Crippen molar-refractivity contribution in [3.63, 3.8) is 0 Å². The Morgan fingerprint density at radius 1 is 1.33 bits per heavy atom. The highest BCUT2D eigenvalue weighted by Gasteiger charge is 2.26. The van der Waals surface area contributed by atoms with Gasteiger partial charge in [-0.15, -0.1) is 0 Å². The highest BCUT2D eigenvalue weighted by molar-refractivity contribution is 9.10. The molecule has 1 saturated heterocycles. The number of aromatic nitrogens is 3. The first-order chi connectivity index (χ1) is 16.0. The number of carbonyl (C=O) groups excluding carboxylic acids is 2. The monoisotopic (exact) mass is 532 g/mol. The summed E-state index contributed by atoms with van der Waals surface area (Å²) in [6, 6.07) is 8.98. The number of rotatable bonds is 8. The normalized spacial score (nSPS) is 15.5. The number of aldehydes is 1. The van der Waals surface area contributed by atoms with Gasteiger partial charge in [0.15, 0.2) is 5.65 Å². The quantitative estimate of drug-likeness (QED) is 0.427. The third-order valence-electron chi connectivity index (χ3n) is 5.99. The minimum absolute atomic E-state index is 0.0649. The van der Waals surface area contributed by atoms with Crippen LogP contribution in [0.4, 0.5) is 5.82 Å². The van der Waals surface area contributed by atoms with Gasteiger partial charge in [0.1, 0.15) is 12.1 Å². The average Bonchev–Trinajstić information content (AvgIpc) is 3.22. The topological polar surface area (TPSA) is 106 Å². The molecule has 1 atom stereocenters. The zero-order valence-electron chi connectivity index (χ0n) is 18.1. The van der Waals surface area contributed by atoms with E-state index in [1.54, 1.807) is 10.7 Å². The van der Waals surface area contributed by atoms with Crippen LogP contribution in [0.25, 0.3) is 16.9 Å². The van der Waals surface area contributed by atoms with Crippen LogP contribution in [0.2, 0.25) is 5.02 Å². The number of benzene rings is 1. The predicted molar refractivity (Wildman–Crippen MR) is 132 cm³/mol. The first-order valence-electron chi connectivity index (χ1n) is 11.0. The highest BCUT2D eigenvalue weighted by atomic mass is 79.9. The summed E-state index contributed by atoms with van der Waals surface area (Å²) in [5, 5.41) is 8.60. The maximum atomic E-state index is 12.5. The van der Waals surface area contributed by atoms with Crippen LogP contribution in [0.1, 0.15) is 25.7 Å². The van der Waals surface area contributed by atoms with Gasteiger partial charge in [-0.1, -0.05) is 29.8 Å². The van der Waals surface area contributed by atoms with E-state index >= 15 is 0 Å². The number of nitrogens with one attached hydrogen (secondary N) is 1. The van der Waals surface area contributed by atoms with E-state index in [-0.39, 0.29) is 5.91 Å². The number of likely N-dealkylation sites (tertiary alicyclic amines) is 1. The van der Waals surface area contributed by atoms with E-state index in [1.807, 2.05) is 35.2 Å². The van der Waals surface area contributed by atoms with E-state index in [4.69, 9.17) is 22.3 Å². The van der Waals surface area contributed by atoms with Crippen LogP contribution in [0.5, 0.6) is 0 Å². The molecule has 0 aliphatic carbocycles. The molecule has 4 rings (SSSR count). The Balaban J connectivity index is 1.43. The van der Waals surface area contributed by atoms with E-state index in [0.29, 0.717) is 42.5 Å². The molecule has 1 unspecified atom stereocenters. The van der Waals surface area contributed by atoms with Gasteiger partial charge >= 0.3 is 0 Å². The first kappa shape index (κ1) is 23.7. The van der Waals surface area contributed by atoms with Gasteiger partial charge in [0.2, 0.25) is 5.91 Å². The van der Waals surface area contributed by atoms with E-state index < -0.39 is 6.04 Å². The molecular weight excluding hydrogens is 508 g/mol. The van der Waals surface area contributed by atoms with Crippen LogP contribution in [-0.2, 0) is 9.59 Å². The molecular formula is C23H26BrClN6O2. The fourth-order valence-electron chi connectivity index (χ4n) is 4.08. The van der Waals surface area contributed by atoms with E-state index in [1.165, 1.54) is 0 Å². The Kier molecular flexibility index (Phi) is 7.62. The Hall–Kier alpha value is -2.49. The molecule has 174 valence electrons. The van der Waals surface area contributed by atoms with Crippen molar-refractivity contribution in [1.82, 2.24) is 19.5 Å². The lowest BCUT2D eigenvalue weighted by molar-refractivity contribution is -0.134.